The van der Waals surface area contributed by atoms with E-state index < -0.39 is 55.6 Å². The fourth-order valence-electron chi connectivity index (χ4n) is 3.36. The maximum Gasteiger partial charge on any atom is 0.573 e. The van der Waals surface area contributed by atoms with Gasteiger partial charge in [0.15, 0.2) is 9.84 Å². The summed E-state index contributed by atoms with van der Waals surface area (Å²) < 4.78 is 118. The van der Waals surface area contributed by atoms with Crippen LogP contribution in [0.25, 0.3) is 0 Å². The molecule has 0 radical (unpaired) electrons. The molecule has 34 heavy (non-hydrogen) atoms. The monoisotopic (exact) mass is 533 g/mol. The Morgan fingerprint density at radius 3 is 2.29 bits per heavy atom. The van der Waals surface area contributed by atoms with Crippen molar-refractivity contribution in [3.63, 3.8) is 0 Å². The Hall–Kier alpha value is -2.54. The molecule has 0 aliphatic heterocycles. The quantitative estimate of drug-likeness (QED) is 0.506. The SMILES string of the molecule is O=C(NC[C@H]1C[C@H](S(=O)(=O)c2cc(F)cc(C(F)(F)F)c2)C1)c1ccc(Cl)c(OC(F)(F)F)c1. The zero-order valence-corrected chi connectivity index (χ0v) is 18.4. The van der Waals surface area contributed by atoms with Gasteiger partial charge >= 0.3 is 12.5 Å². The third kappa shape index (κ3) is 6.12. The smallest absolute Gasteiger partial charge is 0.404 e. The highest BCUT2D eigenvalue weighted by Crippen LogP contribution is 2.38. The van der Waals surface area contributed by atoms with Crippen molar-refractivity contribution in [3.8, 4) is 5.75 Å². The van der Waals surface area contributed by atoms with E-state index in [1.54, 1.807) is 0 Å². The van der Waals surface area contributed by atoms with Crippen LogP contribution in [0, 0.1) is 11.7 Å². The number of amides is 1. The summed E-state index contributed by atoms with van der Waals surface area (Å²) in [5.41, 5.74) is -1.61. The predicted octanol–water partition coefficient (Wildman–Crippen LogP) is 5.38. The Morgan fingerprint density at radius 2 is 1.71 bits per heavy atom. The van der Waals surface area contributed by atoms with Gasteiger partial charge in [-0.05, 0) is 55.2 Å². The van der Waals surface area contributed by atoms with E-state index in [0.29, 0.717) is 12.1 Å². The van der Waals surface area contributed by atoms with Crippen LogP contribution in [0.1, 0.15) is 28.8 Å². The fourth-order valence-corrected chi connectivity index (χ4v) is 5.52. The van der Waals surface area contributed by atoms with E-state index in [2.05, 4.69) is 10.1 Å². The summed E-state index contributed by atoms with van der Waals surface area (Å²) in [5, 5.41) is 1.000. The van der Waals surface area contributed by atoms with Crippen molar-refractivity contribution in [2.75, 3.05) is 6.54 Å². The molecule has 0 unspecified atom stereocenters. The Kier molecular flexibility index (Phi) is 7.09. The van der Waals surface area contributed by atoms with Crippen molar-refractivity contribution in [3.05, 3.63) is 58.4 Å². The minimum Gasteiger partial charge on any atom is -0.404 e. The number of nitrogens with one attached hydrogen (secondary N) is 1. The van der Waals surface area contributed by atoms with Crippen molar-refractivity contribution >= 4 is 27.3 Å². The Bertz CT molecular complexity index is 1190. The molecular weight excluding hydrogens is 519 g/mol. The lowest BCUT2D eigenvalue weighted by Crippen LogP contribution is -2.42. The first kappa shape index (κ1) is 26.1. The highest BCUT2D eigenvalue weighted by molar-refractivity contribution is 7.92. The summed E-state index contributed by atoms with van der Waals surface area (Å²) in [6, 6.07) is 4.08. The van der Waals surface area contributed by atoms with Gasteiger partial charge in [0.25, 0.3) is 5.91 Å². The van der Waals surface area contributed by atoms with Crippen LogP contribution in [0.15, 0.2) is 41.3 Å². The maximum absolute atomic E-state index is 13.6. The van der Waals surface area contributed by atoms with E-state index in [0.717, 1.165) is 18.2 Å². The normalized spacial score (nSPS) is 18.8. The van der Waals surface area contributed by atoms with Crippen LogP contribution in [-0.2, 0) is 16.0 Å². The second kappa shape index (κ2) is 9.25. The molecule has 1 N–H and O–H groups in total. The maximum atomic E-state index is 13.6. The highest BCUT2D eigenvalue weighted by Gasteiger charge is 2.41. The fraction of sp³-hybridized carbons (Fsp3) is 0.350. The number of hydrogen-bond acceptors (Lipinski definition) is 4. The van der Waals surface area contributed by atoms with Crippen LogP contribution in [0.4, 0.5) is 30.7 Å². The molecule has 1 aliphatic carbocycles. The number of sulfone groups is 1. The first-order valence-electron chi connectivity index (χ1n) is 9.51. The molecule has 5 nitrogen and oxygen atoms in total. The molecule has 1 fully saturated rings. The molecule has 186 valence electrons. The van der Waals surface area contributed by atoms with E-state index in [4.69, 9.17) is 11.6 Å². The molecule has 0 heterocycles. The standard InChI is InChI=1S/C20H15ClF7NO4S/c21-16-2-1-11(5-17(16)33-20(26,27)28)18(30)29-9-10-3-14(4-10)34(31,32)15-7-12(19(23,24)25)6-13(22)8-15/h1-2,5-8,10,14H,3-4,9H2,(H,29,30)/t10-,14-. The van der Waals surface area contributed by atoms with Crippen molar-refractivity contribution in [2.24, 2.45) is 5.92 Å². The second-order valence-corrected chi connectivity index (χ2v) is 10.2. The number of halogens is 8. The summed E-state index contributed by atoms with van der Waals surface area (Å²) in [7, 11) is -4.25. The second-order valence-electron chi connectivity index (χ2n) is 7.58. The summed E-state index contributed by atoms with van der Waals surface area (Å²) in [4.78, 5) is 11.4. The predicted molar refractivity (Wildman–Crippen MR) is 106 cm³/mol. The molecular formula is C20H15ClF7NO4S. The lowest BCUT2D eigenvalue weighted by molar-refractivity contribution is -0.274. The molecule has 14 heteroatoms. The number of rotatable bonds is 6. The Morgan fingerprint density at radius 1 is 1.06 bits per heavy atom. The molecule has 2 aromatic carbocycles. The van der Waals surface area contributed by atoms with E-state index in [9.17, 15) is 43.9 Å². The van der Waals surface area contributed by atoms with Crippen LogP contribution in [0.3, 0.4) is 0 Å². The van der Waals surface area contributed by atoms with Gasteiger partial charge in [0, 0.05) is 12.1 Å². The minimum absolute atomic E-state index is 0.0104. The van der Waals surface area contributed by atoms with Crippen molar-refractivity contribution in [2.45, 2.75) is 35.5 Å². The van der Waals surface area contributed by atoms with Gasteiger partial charge in [-0.3, -0.25) is 4.79 Å². The summed E-state index contributed by atoms with van der Waals surface area (Å²) in [5.74, 6) is -3.24. The van der Waals surface area contributed by atoms with Gasteiger partial charge in [0.1, 0.15) is 11.6 Å². The number of carbonyl (C=O) groups is 1. The summed E-state index contributed by atoms with van der Waals surface area (Å²) >= 11 is 5.62. The first-order valence-corrected chi connectivity index (χ1v) is 11.4. The third-order valence-electron chi connectivity index (χ3n) is 5.13. The Balaban J connectivity index is 1.60. The van der Waals surface area contributed by atoms with Crippen LogP contribution < -0.4 is 10.1 Å². The molecule has 1 amide bonds. The number of carbonyl (C=O) groups excluding carboxylic acids is 1. The summed E-state index contributed by atoms with van der Waals surface area (Å²) in [6.07, 6.45) is -9.97. The van der Waals surface area contributed by atoms with Gasteiger partial charge in [0.05, 0.1) is 20.7 Å². The molecule has 3 rings (SSSR count). The van der Waals surface area contributed by atoms with Gasteiger partial charge in [-0.15, -0.1) is 13.2 Å². The van der Waals surface area contributed by atoms with Gasteiger partial charge in [-0.25, -0.2) is 12.8 Å². The molecule has 2 aromatic rings. The summed E-state index contributed by atoms with van der Waals surface area (Å²) in [6.45, 7) is -0.0418. The molecule has 0 bridgehead atoms. The zero-order chi connectivity index (χ0) is 25.5. The van der Waals surface area contributed by atoms with E-state index in [1.807, 2.05) is 0 Å². The lowest BCUT2D eigenvalue weighted by Gasteiger charge is -2.35. The van der Waals surface area contributed by atoms with E-state index in [1.165, 1.54) is 0 Å². The van der Waals surface area contributed by atoms with Gasteiger partial charge < -0.3 is 10.1 Å². The minimum atomic E-state index is -5.02. The van der Waals surface area contributed by atoms with Crippen molar-refractivity contribution < 1.29 is 48.7 Å². The average Bonchev–Trinajstić information content (AvgIpc) is 2.66. The molecule has 1 saturated carbocycles. The van der Waals surface area contributed by atoms with Crippen LogP contribution >= 0.6 is 11.6 Å². The largest absolute Gasteiger partial charge is 0.573 e. The zero-order valence-electron chi connectivity index (χ0n) is 16.8. The number of ether oxygens (including phenoxy) is 1. The van der Waals surface area contributed by atoms with E-state index in [-0.39, 0.29) is 42.0 Å². The average molecular weight is 534 g/mol. The lowest BCUT2D eigenvalue weighted by atomic mass is 9.85. The molecule has 0 saturated heterocycles. The van der Waals surface area contributed by atoms with Crippen LogP contribution in [0.5, 0.6) is 5.75 Å². The highest BCUT2D eigenvalue weighted by atomic mass is 35.5. The van der Waals surface area contributed by atoms with Crippen LogP contribution in [-0.4, -0.2) is 32.5 Å². The van der Waals surface area contributed by atoms with E-state index >= 15 is 0 Å². The van der Waals surface area contributed by atoms with Gasteiger partial charge in [-0.2, -0.15) is 13.2 Å². The van der Waals surface area contributed by atoms with Crippen molar-refractivity contribution in [1.29, 1.82) is 0 Å². The Labute approximate surface area is 193 Å². The molecule has 1 aliphatic rings. The molecule has 0 atom stereocenters. The van der Waals surface area contributed by atoms with Crippen molar-refractivity contribution in [1.82, 2.24) is 5.32 Å². The number of benzene rings is 2. The molecule has 0 aromatic heterocycles. The topological polar surface area (TPSA) is 72.5 Å². The van der Waals surface area contributed by atoms with Crippen LogP contribution in [0.2, 0.25) is 5.02 Å². The number of hydrogen-bond donors (Lipinski definition) is 1. The number of alkyl halides is 6. The first-order chi connectivity index (χ1) is 15.6. The molecule has 0 spiro atoms. The third-order valence-corrected chi connectivity index (χ3v) is 7.60. The van der Waals surface area contributed by atoms with Gasteiger partial charge in [-0.1, -0.05) is 11.6 Å². The van der Waals surface area contributed by atoms with Gasteiger partial charge in [0.2, 0.25) is 0 Å².